The number of benzene rings is 4. The van der Waals surface area contributed by atoms with Crippen molar-refractivity contribution in [1.29, 1.82) is 0 Å². The Morgan fingerprint density at radius 3 is 2.24 bits per heavy atom. The third kappa shape index (κ3) is 4.90. The lowest BCUT2D eigenvalue weighted by molar-refractivity contribution is 0.484. The Bertz CT molecular complexity index is 1800. The molecule has 0 spiro atoms. The average Bonchev–Trinajstić information content (AvgIpc) is 2.92. The highest BCUT2D eigenvalue weighted by Gasteiger charge is 2.18. The van der Waals surface area contributed by atoms with Crippen LogP contribution in [0.2, 0.25) is 0 Å². The van der Waals surface area contributed by atoms with Gasteiger partial charge in [0.25, 0.3) is 10.1 Å². The second-order valence-corrected chi connectivity index (χ2v) is 10.5. The summed E-state index contributed by atoms with van der Waals surface area (Å²) >= 11 is 0.715. The van der Waals surface area contributed by atoms with Gasteiger partial charge in [0, 0.05) is 33.3 Å². The quantitative estimate of drug-likeness (QED) is 0.0865. The second-order valence-electron chi connectivity index (χ2n) is 8.50. The van der Waals surface area contributed by atoms with Gasteiger partial charge in [0.15, 0.2) is 0 Å². The fraction of sp³-hybridized carbons (Fsp3) is 0.0357. The first-order valence-electron chi connectivity index (χ1n) is 11.4. The maximum atomic E-state index is 12.0. The van der Waals surface area contributed by atoms with E-state index >= 15 is 0 Å². The van der Waals surface area contributed by atoms with Crippen LogP contribution < -0.4 is 5.73 Å². The Labute approximate surface area is 223 Å². The number of nitrogen functional groups attached to an aromatic ring is 1. The molecular weight excluding hydrogens is 520 g/mol. The van der Waals surface area contributed by atoms with Crippen molar-refractivity contribution in [1.82, 2.24) is 4.98 Å². The number of nitrogens with two attached hydrogens (primary N) is 1. The monoisotopic (exact) mass is 542 g/mol. The molecule has 0 radical (unpaired) electrons. The van der Waals surface area contributed by atoms with Crippen LogP contribution in [0.25, 0.3) is 33.2 Å². The van der Waals surface area contributed by atoms with Gasteiger partial charge in [-0.3, -0.25) is 9.54 Å². The number of fused-ring (bicyclic) bond motifs is 1. The predicted octanol–water partition coefficient (Wildman–Crippen LogP) is 7.69. The summed E-state index contributed by atoms with van der Waals surface area (Å²) in [5, 5.41) is 9.09. The number of nitrogens with zero attached hydrogens (tertiary/aromatic N) is 3. The molecule has 5 aromatic rings. The van der Waals surface area contributed by atoms with E-state index in [1.54, 1.807) is 36.5 Å². The Balaban J connectivity index is 1.48. The van der Waals surface area contributed by atoms with Gasteiger partial charge < -0.3 is 10.3 Å². The lowest BCUT2D eigenvalue weighted by atomic mass is 9.95. The molecular formula is C28H22N4O4S2. The molecule has 4 N–H and O–H groups in total. The highest BCUT2D eigenvalue weighted by Crippen LogP contribution is 2.38. The zero-order valence-electron chi connectivity index (χ0n) is 20.1. The molecule has 0 aliphatic rings. The van der Waals surface area contributed by atoms with Crippen molar-refractivity contribution in [3.8, 4) is 22.4 Å². The van der Waals surface area contributed by atoms with E-state index in [1.165, 1.54) is 6.07 Å². The van der Waals surface area contributed by atoms with Crippen LogP contribution in [0.15, 0.2) is 111 Å². The van der Waals surface area contributed by atoms with Crippen LogP contribution in [0, 0.1) is 6.92 Å². The van der Waals surface area contributed by atoms with E-state index in [0.29, 0.717) is 28.5 Å². The van der Waals surface area contributed by atoms with Crippen molar-refractivity contribution in [2.75, 3.05) is 5.73 Å². The van der Waals surface area contributed by atoms with Gasteiger partial charge in [-0.2, -0.15) is 8.42 Å². The molecule has 10 heteroatoms. The van der Waals surface area contributed by atoms with E-state index in [4.69, 9.17) is 5.73 Å². The number of hydrogen-bond acceptors (Lipinski definition) is 8. The molecule has 5 rings (SSSR count). The summed E-state index contributed by atoms with van der Waals surface area (Å²) in [5.41, 5.74) is 11.6. The molecule has 0 unspecified atom stereocenters. The maximum Gasteiger partial charge on any atom is 0.295 e. The smallest absolute Gasteiger partial charge is 0.295 e. The Hall–Kier alpha value is -4.09. The molecule has 4 aromatic carbocycles. The minimum atomic E-state index is -4.50. The van der Waals surface area contributed by atoms with Crippen LogP contribution in [0.5, 0.6) is 0 Å². The lowest BCUT2D eigenvalue weighted by Gasteiger charge is -2.13. The van der Waals surface area contributed by atoms with Crippen molar-refractivity contribution in [2.45, 2.75) is 16.7 Å². The van der Waals surface area contributed by atoms with Crippen LogP contribution >= 0.6 is 12.0 Å². The minimum Gasteiger partial charge on any atom is -0.396 e. The number of hydrogen-bond donors (Lipinski definition) is 3. The van der Waals surface area contributed by atoms with E-state index in [1.807, 2.05) is 55.5 Å². The topological polar surface area (TPSA) is 138 Å². The summed E-state index contributed by atoms with van der Waals surface area (Å²) in [6.07, 6.45) is 1.56. The molecule has 8 nitrogen and oxygen atoms in total. The van der Waals surface area contributed by atoms with E-state index in [9.17, 15) is 17.5 Å². The van der Waals surface area contributed by atoms with Crippen molar-refractivity contribution in [3.05, 3.63) is 96.7 Å². The standard InChI is InChI=1S/C28H22N4O4S2/c1-17-19(21-7-4-5-12-26(21)37-33)10-6-11-20(17)24-14-13-18(16-30-24)31-32-25-15-27(38(34,35)36)22-8-2-3-9-23(22)28(25)29/h2-16,33H,29H2,1H3,(H,34,35,36)/b32-31+. The molecule has 1 aromatic heterocycles. The number of aromatic nitrogens is 1. The van der Waals surface area contributed by atoms with Crippen LogP contribution in [-0.2, 0) is 10.1 Å². The Morgan fingerprint density at radius 1 is 0.842 bits per heavy atom. The number of azo groups is 1. The number of rotatable bonds is 6. The van der Waals surface area contributed by atoms with E-state index in [2.05, 4.69) is 15.2 Å². The highest BCUT2D eigenvalue weighted by molar-refractivity contribution is 7.94. The molecule has 38 heavy (non-hydrogen) atoms. The summed E-state index contributed by atoms with van der Waals surface area (Å²) < 4.78 is 43.3. The van der Waals surface area contributed by atoms with E-state index in [-0.39, 0.29) is 16.3 Å². The first-order chi connectivity index (χ1) is 18.3. The van der Waals surface area contributed by atoms with Gasteiger partial charge in [0.1, 0.15) is 16.3 Å². The molecule has 0 fully saturated rings. The fourth-order valence-electron chi connectivity index (χ4n) is 4.34. The summed E-state index contributed by atoms with van der Waals surface area (Å²) in [6.45, 7) is 2.01. The molecule has 0 atom stereocenters. The van der Waals surface area contributed by atoms with Crippen molar-refractivity contribution in [3.63, 3.8) is 0 Å². The SMILES string of the molecule is Cc1c(-c2ccc(/N=N/c3cc(S(=O)(=O)O)c4ccccc4c3N)cn2)cccc1-c1ccccc1SO. The molecule has 0 saturated heterocycles. The van der Waals surface area contributed by atoms with Crippen LogP contribution in [0.4, 0.5) is 17.1 Å². The summed E-state index contributed by atoms with van der Waals surface area (Å²) in [5.74, 6) is 0. The maximum absolute atomic E-state index is 12.0. The first kappa shape index (κ1) is 25.6. The van der Waals surface area contributed by atoms with Gasteiger partial charge in [0.2, 0.25) is 0 Å². The zero-order chi connectivity index (χ0) is 26.9. The fourth-order valence-corrected chi connectivity index (χ4v) is 5.47. The Kier molecular flexibility index (Phi) is 6.96. The van der Waals surface area contributed by atoms with Crippen molar-refractivity contribution in [2.24, 2.45) is 10.2 Å². The van der Waals surface area contributed by atoms with Gasteiger partial charge in [-0.25, -0.2) is 0 Å². The number of pyridine rings is 1. The second kappa shape index (κ2) is 10.3. The molecule has 0 aliphatic carbocycles. The number of anilines is 1. The molecule has 0 aliphatic heterocycles. The molecule has 190 valence electrons. The molecule has 1 heterocycles. The van der Waals surface area contributed by atoms with Gasteiger partial charge >= 0.3 is 0 Å². The predicted molar refractivity (Wildman–Crippen MR) is 151 cm³/mol. The molecule has 0 saturated carbocycles. The average molecular weight is 543 g/mol. The highest BCUT2D eigenvalue weighted by atomic mass is 32.2. The van der Waals surface area contributed by atoms with Gasteiger partial charge in [-0.15, -0.1) is 10.2 Å². The van der Waals surface area contributed by atoms with Crippen LogP contribution in [-0.4, -0.2) is 22.5 Å². The van der Waals surface area contributed by atoms with E-state index in [0.717, 1.165) is 32.8 Å². The van der Waals surface area contributed by atoms with Crippen LogP contribution in [0.1, 0.15) is 5.56 Å². The summed E-state index contributed by atoms with van der Waals surface area (Å²) in [4.78, 5) is 5.03. The Morgan fingerprint density at radius 2 is 1.53 bits per heavy atom. The molecule has 0 amide bonds. The van der Waals surface area contributed by atoms with Crippen molar-refractivity contribution >= 4 is 50.0 Å². The summed E-state index contributed by atoms with van der Waals surface area (Å²) in [6, 6.07) is 24.9. The minimum absolute atomic E-state index is 0.115. The summed E-state index contributed by atoms with van der Waals surface area (Å²) in [7, 11) is -4.50. The normalized spacial score (nSPS) is 11.9. The largest absolute Gasteiger partial charge is 0.396 e. The molecule has 0 bridgehead atoms. The zero-order valence-corrected chi connectivity index (χ0v) is 21.7. The van der Waals surface area contributed by atoms with Crippen molar-refractivity contribution < 1.29 is 17.5 Å². The lowest BCUT2D eigenvalue weighted by Crippen LogP contribution is -2.01. The van der Waals surface area contributed by atoms with E-state index < -0.39 is 10.1 Å². The first-order valence-corrected chi connectivity index (χ1v) is 13.7. The van der Waals surface area contributed by atoms with Gasteiger partial charge in [0.05, 0.1) is 17.6 Å². The third-order valence-corrected chi connectivity index (χ3v) is 7.66. The van der Waals surface area contributed by atoms with Crippen LogP contribution in [0.3, 0.4) is 0 Å². The third-order valence-electron chi connectivity index (χ3n) is 6.21. The van der Waals surface area contributed by atoms with Gasteiger partial charge in [-0.1, -0.05) is 60.7 Å². The van der Waals surface area contributed by atoms with Gasteiger partial charge in [-0.05, 0) is 47.9 Å².